The van der Waals surface area contributed by atoms with Crippen LogP contribution in [0.5, 0.6) is 0 Å². The average Bonchev–Trinajstić information content (AvgIpc) is 3.35. The number of thiazole rings is 1. The molecule has 1 unspecified atom stereocenters. The summed E-state index contributed by atoms with van der Waals surface area (Å²) < 4.78 is 42.1. The second-order valence-corrected chi connectivity index (χ2v) is 10.3. The van der Waals surface area contributed by atoms with Gasteiger partial charge in [0.15, 0.2) is 10.9 Å². The first kappa shape index (κ1) is 19.9. The number of anilines is 2. The molecule has 0 radical (unpaired) electrons. The molecule has 1 aromatic heterocycles. The summed E-state index contributed by atoms with van der Waals surface area (Å²) in [6, 6.07) is 2.85. The van der Waals surface area contributed by atoms with Crippen LogP contribution in [0.4, 0.5) is 15.2 Å². The van der Waals surface area contributed by atoms with Gasteiger partial charge in [0.05, 0.1) is 5.69 Å². The average molecular weight is 445 g/mol. The highest BCUT2D eigenvalue weighted by atomic mass is 35.5. The SMILES string of the molecule is CC(Nc1ccc(S(=O)(=O)Nc2nccs2)c(F)c1Cl)C12CCCN1CCC2. The third-order valence-corrected chi connectivity index (χ3v) is 8.42. The van der Waals surface area contributed by atoms with Gasteiger partial charge in [-0.2, -0.15) is 0 Å². The van der Waals surface area contributed by atoms with Crippen LogP contribution >= 0.6 is 22.9 Å². The molecule has 0 spiro atoms. The van der Waals surface area contributed by atoms with Crippen molar-refractivity contribution < 1.29 is 12.8 Å². The molecule has 3 heterocycles. The standard InChI is InChI=1S/C18H22ClFN4O2S2/c1-12(18-6-2-9-24(18)10-3-7-18)22-13-4-5-14(16(20)15(13)19)28(25,26)23-17-21-8-11-27-17/h4-5,8,11-12,22H,2-3,6-7,9-10H2,1H3,(H,21,23). The molecule has 2 N–H and O–H groups in total. The fraction of sp³-hybridized carbons (Fsp3) is 0.500. The van der Waals surface area contributed by atoms with Gasteiger partial charge in [-0.1, -0.05) is 11.6 Å². The van der Waals surface area contributed by atoms with Gasteiger partial charge >= 0.3 is 0 Å². The van der Waals surface area contributed by atoms with E-state index in [9.17, 15) is 12.8 Å². The van der Waals surface area contributed by atoms with Crippen LogP contribution in [0, 0.1) is 5.82 Å². The molecule has 1 atom stereocenters. The molecular formula is C18H22ClFN4O2S2. The van der Waals surface area contributed by atoms with Gasteiger partial charge in [-0.3, -0.25) is 9.62 Å². The fourth-order valence-corrected chi connectivity index (χ4v) is 6.67. The molecule has 2 aromatic rings. The Balaban J connectivity index is 1.58. The molecular weight excluding hydrogens is 423 g/mol. The predicted molar refractivity (Wildman–Crippen MR) is 110 cm³/mol. The number of hydrogen-bond donors (Lipinski definition) is 2. The van der Waals surface area contributed by atoms with E-state index in [-0.39, 0.29) is 21.7 Å². The van der Waals surface area contributed by atoms with Crippen molar-refractivity contribution in [3.63, 3.8) is 0 Å². The zero-order chi connectivity index (χ0) is 19.9. The summed E-state index contributed by atoms with van der Waals surface area (Å²) in [5.74, 6) is -0.963. The molecule has 2 aliphatic rings. The van der Waals surface area contributed by atoms with E-state index in [0.717, 1.165) is 50.1 Å². The van der Waals surface area contributed by atoms with Gasteiger partial charge < -0.3 is 5.32 Å². The summed E-state index contributed by atoms with van der Waals surface area (Å²) in [7, 11) is -4.11. The molecule has 1 aromatic carbocycles. The second kappa shape index (κ2) is 7.44. The number of hydrogen-bond acceptors (Lipinski definition) is 6. The first-order valence-corrected chi connectivity index (χ1v) is 12.0. The summed E-state index contributed by atoms with van der Waals surface area (Å²) in [6.07, 6.45) is 5.99. The number of nitrogens with one attached hydrogen (secondary N) is 2. The largest absolute Gasteiger partial charge is 0.379 e. The minimum absolute atomic E-state index is 0.0664. The highest BCUT2D eigenvalue weighted by molar-refractivity contribution is 7.93. The summed E-state index contributed by atoms with van der Waals surface area (Å²) in [4.78, 5) is 5.88. The van der Waals surface area contributed by atoms with Gasteiger partial charge in [0, 0.05) is 23.2 Å². The maximum atomic E-state index is 14.9. The van der Waals surface area contributed by atoms with Crippen molar-refractivity contribution in [2.75, 3.05) is 23.1 Å². The first-order chi connectivity index (χ1) is 13.3. The molecule has 2 saturated heterocycles. The lowest BCUT2D eigenvalue weighted by atomic mass is 9.86. The third-order valence-electron chi connectivity index (χ3n) is 5.87. The molecule has 0 amide bonds. The highest BCUT2D eigenvalue weighted by Crippen LogP contribution is 2.43. The molecule has 0 bridgehead atoms. The maximum absolute atomic E-state index is 14.9. The quantitative estimate of drug-likeness (QED) is 0.699. The number of rotatable bonds is 6. The molecule has 10 heteroatoms. The minimum Gasteiger partial charge on any atom is -0.379 e. The monoisotopic (exact) mass is 444 g/mol. The summed E-state index contributed by atoms with van der Waals surface area (Å²) in [5, 5.41) is 4.93. The normalized spacial score (nSPS) is 20.1. The van der Waals surface area contributed by atoms with Crippen molar-refractivity contribution >= 4 is 43.8 Å². The van der Waals surface area contributed by atoms with E-state index >= 15 is 0 Å². The summed E-state index contributed by atoms with van der Waals surface area (Å²) >= 11 is 7.34. The van der Waals surface area contributed by atoms with Crippen molar-refractivity contribution in [2.24, 2.45) is 0 Å². The third kappa shape index (κ3) is 3.38. The lowest BCUT2D eigenvalue weighted by Crippen LogP contribution is -2.50. The number of fused-ring (bicyclic) bond motifs is 1. The Morgan fingerprint density at radius 1 is 1.32 bits per heavy atom. The fourth-order valence-electron chi connectivity index (χ4n) is 4.52. The van der Waals surface area contributed by atoms with Crippen LogP contribution in [0.3, 0.4) is 0 Å². The first-order valence-electron chi connectivity index (χ1n) is 9.25. The smallest absolute Gasteiger partial charge is 0.266 e. The maximum Gasteiger partial charge on any atom is 0.266 e. The van der Waals surface area contributed by atoms with Crippen molar-refractivity contribution in [2.45, 2.75) is 49.1 Å². The van der Waals surface area contributed by atoms with Crippen LogP contribution in [-0.4, -0.2) is 43.0 Å². The molecule has 2 aliphatic heterocycles. The van der Waals surface area contributed by atoms with Crippen LogP contribution in [-0.2, 0) is 10.0 Å². The van der Waals surface area contributed by atoms with Crippen LogP contribution < -0.4 is 10.0 Å². The number of aromatic nitrogens is 1. The van der Waals surface area contributed by atoms with E-state index in [1.165, 1.54) is 18.3 Å². The summed E-state index contributed by atoms with van der Waals surface area (Å²) in [6.45, 7) is 4.27. The lowest BCUT2D eigenvalue weighted by molar-refractivity contribution is 0.174. The Labute approximate surface area is 173 Å². The Bertz CT molecular complexity index is 958. The van der Waals surface area contributed by atoms with Gasteiger partial charge in [-0.05, 0) is 57.8 Å². The molecule has 152 valence electrons. The van der Waals surface area contributed by atoms with E-state index in [1.54, 1.807) is 5.38 Å². The Morgan fingerprint density at radius 2 is 2.04 bits per heavy atom. The molecule has 2 fully saturated rings. The molecule has 28 heavy (non-hydrogen) atoms. The zero-order valence-corrected chi connectivity index (χ0v) is 17.8. The van der Waals surface area contributed by atoms with Crippen LogP contribution in [0.1, 0.15) is 32.6 Å². The van der Waals surface area contributed by atoms with E-state index in [0.29, 0.717) is 5.69 Å². The van der Waals surface area contributed by atoms with Gasteiger partial charge in [-0.15, -0.1) is 11.3 Å². The number of benzene rings is 1. The molecule has 0 aliphatic carbocycles. The van der Waals surface area contributed by atoms with Crippen LogP contribution in [0.2, 0.25) is 5.02 Å². The predicted octanol–water partition coefficient (Wildman–Crippen LogP) is 4.17. The Kier molecular flexibility index (Phi) is 5.28. The van der Waals surface area contributed by atoms with Gasteiger partial charge in [-0.25, -0.2) is 17.8 Å². The van der Waals surface area contributed by atoms with E-state index < -0.39 is 20.7 Å². The molecule has 4 rings (SSSR count). The van der Waals surface area contributed by atoms with Crippen molar-refractivity contribution in [1.82, 2.24) is 9.88 Å². The van der Waals surface area contributed by atoms with E-state index in [1.807, 2.05) is 0 Å². The van der Waals surface area contributed by atoms with Crippen LogP contribution in [0.25, 0.3) is 0 Å². The van der Waals surface area contributed by atoms with Gasteiger partial charge in [0.1, 0.15) is 9.92 Å². The van der Waals surface area contributed by atoms with Crippen LogP contribution in [0.15, 0.2) is 28.6 Å². The van der Waals surface area contributed by atoms with Gasteiger partial charge in [0.25, 0.3) is 10.0 Å². The number of halogens is 2. The summed E-state index contributed by atoms with van der Waals surface area (Å²) in [5.41, 5.74) is 0.477. The number of sulfonamides is 1. The Hall–Kier alpha value is -1.42. The second-order valence-electron chi connectivity index (χ2n) is 7.35. The Morgan fingerprint density at radius 3 is 2.68 bits per heavy atom. The molecule has 6 nitrogen and oxygen atoms in total. The molecule has 0 saturated carbocycles. The topological polar surface area (TPSA) is 74.3 Å². The van der Waals surface area contributed by atoms with Crippen molar-refractivity contribution in [3.05, 3.63) is 34.5 Å². The minimum atomic E-state index is -4.11. The number of nitrogens with zero attached hydrogens (tertiary/aromatic N) is 2. The van der Waals surface area contributed by atoms with Crippen molar-refractivity contribution in [3.8, 4) is 0 Å². The van der Waals surface area contributed by atoms with E-state index in [2.05, 4.69) is 26.8 Å². The van der Waals surface area contributed by atoms with Gasteiger partial charge in [0.2, 0.25) is 0 Å². The lowest BCUT2D eigenvalue weighted by Gasteiger charge is -2.39. The van der Waals surface area contributed by atoms with Crippen molar-refractivity contribution in [1.29, 1.82) is 0 Å². The highest BCUT2D eigenvalue weighted by Gasteiger charge is 2.48. The van der Waals surface area contributed by atoms with E-state index in [4.69, 9.17) is 11.6 Å². The zero-order valence-electron chi connectivity index (χ0n) is 15.4.